The predicted octanol–water partition coefficient (Wildman–Crippen LogP) is 5.83. The Morgan fingerprint density at radius 2 is 1.53 bits per heavy atom. The lowest BCUT2D eigenvalue weighted by Crippen LogP contribution is -2.26. The number of benzene rings is 3. The summed E-state index contributed by atoms with van der Waals surface area (Å²) in [4.78, 5) is 26.3. The molecule has 0 atom stereocenters. The number of nitrogens with zero attached hydrogens (tertiary/aromatic N) is 1. The van der Waals surface area contributed by atoms with Gasteiger partial charge in [0.25, 0.3) is 5.91 Å². The molecule has 148 valence electrons. The monoisotopic (exact) mass is 458 g/mol. The number of carbonyl (C=O) groups excluding carboxylic acids is 1. The summed E-state index contributed by atoms with van der Waals surface area (Å²) >= 11 is 3.52. The number of amides is 1. The number of anilines is 1. The molecule has 3 aromatic carbocycles. The summed E-state index contributed by atoms with van der Waals surface area (Å²) in [6.07, 6.45) is 0. The Kier molecular flexibility index (Phi) is 5.63. The largest absolute Gasteiger partial charge is 0.322 e. The highest BCUT2D eigenvalue weighted by molar-refractivity contribution is 9.10. The van der Waals surface area contributed by atoms with Crippen LogP contribution in [0.15, 0.2) is 100 Å². The van der Waals surface area contributed by atoms with E-state index in [4.69, 9.17) is 0 Å². The van der Waals surface area contributed by atoms with E-state index in [0.29, 0.717) is 11.4 Å². The topological polar surface area (TPSA) is 51.1 Å². The van der Waals surface area contributed by atoms with E-state index in [1.807, 2.05) is 84.3 Å². The van der Waals surface area contributed by atoms with Gasteiger partial charge in [0.1, 0.15) is 5.56 Å². The number of halogens is 1. The summed E-state index contributed by atoms with van der Waals surface area (Å²) in [5, 5.41) is 2.86. The number of nitrogens with one attached hydrogen (secondary N) is 1. The standard InChI is InChI=1S/C25H19BrN2O2/c1-17-15-22(29)23(25(30)27-20-12-6-3-7-13-20)24(18-9-4-2-5-10-18)28(17)21-14-8-11-19(26)16-21/h2-16H,1H3,(H,27,30). The summed E-state index contributed by atoms with van der Waals surface area (Å²) in [7, 11) is 0. The summed E-state index contributed by atoms with van der Waals surface area (Å²) in [5.74, 6) is -0.436. The Hall–Kier alpha value is -3.44. The van der Waals surface area contributed by atoms with E-state index in [0.717, 1.165) is 21.4 Å². The molecule has 4 nitrogen and oxygen atoms in total. The van der Waals surface area contributed by atoms with E-state index in [1.165, 1.54) is 6.07 Å². The first kappa shape index (κ1) is 19.9. The number of rotatable bonds is 4. The number of aromatic nitrogens is 1. The Morgan fingerprint density at radius 1 is 0.867 bits per heavy atom. The van der Waals surface area contributed by atoms with Crippen LogP contribution in [0.4, 0.5) is 5.69 Å². The minimum atomic E-state index is -0.436. The van der Waals surface area contributed by atoms with Gasteiger partial charge in [-0.15, -0.1) is 0 Å². The molecule has 1 aromatic heterocycles. The lowest BCUT2D eigenvalue weighted by atomic mass is 10.0. The van der Waals surface area contributed by atoms with Gasteiger partial charge in [0.2, 0.25) is 0 Å². The van der Waals surface area contributed by atoms with Crippen molar-refractivity contribution in [1.82, 2.24) is 4.57 Å². The van der Waals surface area contributed by atoms with Crippen molar-refractivity contribution in [1.29, 1.82) is 0 Å². The van der Waals surface area contributed by atoms with E-state index in [1.54, 1.807) is 12.1 Å². The van der Waals surface area contributed by atoms with E-state index in [2.05, 4.69) is 21.2 Å². The van der Waals surface area contributed by atoms with Gasteiger partial charge in [0.05, 0.1) is 5.69 Å². The van der Waals surface area contributed by atoms with Crippen molar-refractivity contribution < 1.29 is 4.79 Å². The summed E-state index contributed by atoms with van der Waals surface area (Å²) in [6.45, 7) is 1.87. The third-order valence-corrected chi connectivity index (χ3v) is 5.27. The highest BCUT2D eigenvalue weighted by Gasteiger charge is 2.22. The molecular formula is C25H19BrN2O2. The first-order valence-electron chi connectivity index (χ1n) is 9.49. The minimum Gasteiger partial charge on any atom is -0.322 e. The van der Waals surface area contributed by atoms with Crippen molar-refractivity contribution in [2.75, 3.05) is 5.32 Å². The van der Waals surface area contributed by atoms with Crippen LogP contribution in [0.5, 0.6) is 0 Å². The maximum atomic E-state index is 13.3. The number of carbonyl (C=O) groups is 1. The molecule has 1 N–H and O–H groups in total. The molecule has 0 unspecified atom stereocenters. The van der Waals surface area contributed by atoms with Crippen LogP contribution in [-0.2, 0) is 0 Å². The Morgan fingerprint density at radius 3 is 2.20 bits per heavy atom. The van der Waals surface area contributed by atoms with Gasteiger partial charge < -0.3 is 9.88 Å². The van der Waals surface area contributed by atoms with Gasteiger partial charge in [-0.05, 0) is 42.8 Å². The predicted molar refractivity (Wildman–Crippen MR) is 124 cm³/mol. The smallest absolute Gasteiger partial charge is 0.261 e. The minimum absolute atomic E-state index is 0.107. The van der Waals surface area contributed by atoms with Crippen LogP contribution < -0.4 is 10.7 Å². The van der Waals surface area contributed by atoms with E-state index >= 15 is 0 Å². The fourth-order valence-electron chi connectivity index (χ4n) is 3.48. The average molecular weight is 459 g/mol. The van der Waals surface area contributed by atoms with Crippen LogP contribution in [0.3, 0.4) is 0 Å². The Balaban J connectivity index is 1.99. The first-order valence-corrected chi connectivity index (χ1v) is 10.3. The fourth-order valence-corrected chi connectivity index (χ4v) is 3.87. The molecule has 0 fully saturated rings. The van der Waals surface area contributed by atoms with Gasteiger partial charge in [-0.1, -0.05) is 70.5 Å². The number of aryl methyl sites for hydroxylation is 1. The number of pyridine rings is 1. The van der Waals surface area contributed by atoms with Crippen molar-refractivity contribution >= 4 is 27.5 Å². The van der Waals surface area contributed by atoms with Crippen LogP contribution >= 0.6 is 15.9 Å². The number of para-hydroxylation sites is 1. The van der Waals surface area contributed by atoms with Crippen molar-refractivity contribution in [3.63, 3.8) is 0 Å². The molecule has 0 aliphatic carbocycles. The molecule has 4 aromatic rings. The quantitative estimate of drug-likeness (QED) is 0.418. The van der Waals surface area contributed by atoms with Crippen molar-refractivity contribution in [3.8, 4) is 16.9 Å². The summed E-state index contributed by atoms with van der Waals surface area (Å²) in [5.41, 5.74) is 3.38. The van der Waals surface area contributed by atoms with E-state index in [-0.39, 0.29) is 11.0 Å². The Bertz CT molecular complexity index is 1270. The van der Waals surface area contributed by atoms with Crippen LogP contribution in [0.1, 0.15) is 16.1 Å². The molecule has 4 rings (SSSR count). The highest BCUT2D eigenvalue weighted by atomic mass is 79.9. The maximum absolute atomic E-state index is 13.3. The number of hydrogen-bond donors (Lipinski definition) is 1. The molecular weight excluding hydrogens is 440 g/mol. The second kappa shape index (κ2) is 8.51. The van der Waals surface area contributed by atoms with Gasteiger partial charge in [0, 0.05) is 27.6 Å². The van der Waals surface area contributed by atoms with Gasteiger partial charge in [-0.3, -0.25) is 9.59 Å². The number of hydrogen-bond acceptors (Lipinski definition) is 2. The van der Waals surface area contributed by atoms with Crippen LogP contribution in [0, 0.1) is 6.92 Å². The maximum Gasteiger partial charge on any atom is 0.261 e. The SMILES string of the molecule is Cc1cc(=O)c(C(=O)Nc2ccccc2)c(-c2ccccc2)n1-c1cccc(Br)c1. The summed E-state index contributed by atoms with van der Waals surface area (Å²) in [6, 6.07) is 27.9. The van der Waals surface area contributed by atoms with Gasteiger partial charge in [-0.2, -0.15) is 0 Å². The Labute approximate surface area is 183 Å². The van der Waals surface area contributed by atoms with Gasteiger partial charge >= 0.3 is 0 Å². The molecule has 5 heteroatoms. The molecule has 0 saturated heterocycles. The zero-order valence-electron chi connectivity index (χ0n) is 16.3. The zero-order valence-corrected chi connectivity index (χ0v) is 17.9. The van der Waals surface area contributed by atoms with Crippen molar-refractivity contribution in [3.05, 3.63) is 117 Å². The lowest BCUT2D eigenvalue weighted by molar-refractivity contribution is 0.102. The molecule has 30 heavy (non-hydrogen) atoms. The molecule has 0 spiro atoms. The molecule has 0 bridgehead atoms. The summed E-state index contributed by atoms with van der Waals surface area (Å²) < 4.78 is 2.86. The fraction of sp³-hybridized carbons (Fsp3) is 0.0400. The highest BCUT2D eigenvalue weighted by Crippen LogP contribution is 2.28. The molecule has 0 saturated carbocycles. The third kappa shape index (κ3) is 3.98. The zero-order chi connectivity index (χ0) is 21.1. The van der Waals surface area contributed by atoms with Crippen LogP contribution in [0.2, 0.25) is 0 Å². The second-order valence-corrected chi connectivity index (χ2v) is 7.79. The molecule has 0 aliphatic rings. The molecule has 1 heterocycles. The van der Waals surface area contributed by atoms with Gasteiger partial charge in [0.15, 0.2) is 5.43 Å². The second-order valence-electron chi connectivity index (χ2n) is 6.88. The van der Waals surface area contributed by atoms with Crippen LogP contribution in [0.25, 0.3) is 16.9 Å². The van der Waals surface area contributed by atoms with E-state index in [9.17, 15) is 9.59 Å². The molecule has 1 amide bonds. The first-order chi connectivity index (χ1) is 14.5. The van der Waals surface area contributed by atoms with Crippen LogP contribution in [-0.4, -0.2) is 10.5 Å². The van der Waals surface area contributed by atoms with Crippen molar-refractivity contribution in [2.24, 2.45) is 0 Å². The van der Waals surface area contributed by atoms with E-state index < -0.39 is 5.91 Å². The average Bonchev–Trinajstić information content (AvgIpc) is 2.74. The lowest BCUT2D eigenvalue weighted by Gasteiger charge is -2.20. The molecule has 0 radical (unpaired) electrons. The van der Waals surface area contributed by atoms with Gasteiger partial charge in [-0.25, -0.2) is 0 Å². The third-order valence-electron chi connectivity index (χ3n) is 4.77. The van der Waals surface area contributed by atoms with Crippen molar-refractivity contribution in [2.45, 2.75) is 6.92 Å². The normalized spacial score (nSPS) is 10.6. The molecule has 0 aliphatic heterocycles.